The van der Waals surface area contributed by atoms with Crippen LogP contribution >= 0.6 is 11.6 Å². The van der Waals surface area contributed by atoms with Crippen molar-refractivity contribution in [1.82, 2.24) is 14.6 Å². The van der Waals surface area contributed by atoms with Crippen molar-refractivity contribution in [3.05, 3.63) is 23.5 Å². The van der Waals surface area contributed by atoms with Crippen LogP contribution < -0.4 is 4.72 Å². The van der Waals surface area contributed by atoms with Gasteiger partial charge in [-0.2, -0.15) is 0 Å². The Hall–Kier alpha value is -0.690. The van der Waals surface area contributed by atoms with E-state index in [9.17, 15) is 8.42 Å². The van der Waals surface area contributed by atoms with Crippen LogP contribution in [0, 0.1) is 0 Å². The predicted octanol–water partition coefficient (Wildman–Crippen LogP) is 1.11. The maximum atomic E-state index is 12.1. The molecule has 0 bridgehead atoms. The van der Waals surface area contributed by atoms with Gasteiger partial charge in [-0.3, -0.25) is 0 Å². The standard InChI is InChI=1S/C11H16ClN3O2S/c1-15-6-3-9(4-7-15)14-18(16,17)10-2-5-13-11(12)8-10/h2,5,8-9,14H,3-4,6-7H2,1H3. The lowest BCUT2D eigenvalue weighted by Crippen LogP contribution is -2.43. The van der Waals surface area contributed by atoms with Crippen molar-refractivity contribution >= 4 is 21.6 Å². The maximum absolute atomic E-state index is 12.1. The van der Waals surface area contributed by atoms with E-state index in [4.69, 9.17) is 11.6 Å². The summed E-state index contributed by atoms with van der Waals surface area (Å²) in [5.41, 5.74) is 0. The Bertz CT molecular complexity index is 513. The molecular weight excluding hydrogens is 274 g/mol. The van der Waals surface area contributed by atoms with E-state index in [0.717, 1.165) is 25.9 Å². The zero-order valence-electron chi connectivity index (χ0n) is 10.1. The van der Waals surface area contributed by atoms with E-state index in [0.29, 0.717) is 0 Å². The Kier molecular flexibility index (Phi) is 4.21. The molecule has 0 radical (unpaired) electrons. The number of rotatable bonds is 3. The van der Waals surface area contributed by atoms with Crippen LogP contribution in [0.1, 0.15) is 12.8 Å². The molecule has 1 fully saturated rings. The normalized spacial score (nSPS) is 19.0. The van der Waals surface area contributed by atoms with Crippen LogP contribution in [0.4, 0.5) is 0 Å². The number of hydrogen-bond donors (Lipinski definition) is 1. The number of sulfonamides is 1. The van der Waals surface area contributed by atoms with Crippen molar-refractivity contribution in [2.45, 2.75) is 23.8 Å². The van der Waals surface area contributed by atoms with Crippen LogP contribution in [0.15, 0.2) is 23.2 Å². The van der Waals surface area contributed by atoms with Crippen molar-refractivity contribution in [3.63, 3.8) is 0 Å². The SMILES string of the molecule is CN1CCC(NS(=O)(=O)c2ccnc(Cl)c2)CC1. The van der Waals surface area contributed by atoms with Gasteiger partial charge in [-0.15, -0.1) is 0 Å². The molecule has 100 valence electrons. The molecular formula is C11H16ClN3O2S. The highest BCUT2D eigenvalue weighted by atomic mass is 35.5. The summed E-state index contributed by atoms with van der Waals surface area (Å²) in [5.74, 6) is 0. The van der Waals surface area contributed by atoms with Gasteiger partial charge in [-0.25, -0.2) is 18.1 Å². The number of likely N-dealkylation sites (tertiary alicyclic amines) is 1. The number of nitrogens with one attached hydrogen (secondary N) is 1. The number of nitrogens with zero attached hydrogens (tertiary/aromatic N) is 2. The summed E-state index contributed by atoms with van der Waals surface area (Å²) in [6.07, 6.45) is 3.05. The molecule has 1 aromatic rings. The fourth-order valence-electron chi connectivity index (χ4n) is 1.97. The van der Waals surface area contributed by atoms with Gasteiger partial charge in [0.25, 0.3) is 0 Å². The Morgan fingerprint density at radius 3 is 2.72 bits per heavy atom. The van der Waals surface area contributed by atoms with Crippen LogP contribution in [-0.2, 0) is 10.0 Å². The van der Waals surface area contributed by atoms with Gasteiger partial charge in [0.1, 0.15) is 5.15 Å². The van der Waals surface area contributed by atoms with Crippen molar-refractivity contribution in [2.75, 3.05) is 20.1 Å². The van der Waals surface area contributed by atoms with Crippen LogP contribution in [0.2, 0.25) is 5.15 Å². The smallest absolute Gasteiger partial charge is 0.240 e. The van der Waals surface area contributed by atoms with Crippen molar-refractivity contribution in [2.24, 2.45) is 0 Å². The van der Waals surface area contributed by atoms with Crippen LogP contribution in [0.3, 0.4) is 0 Å². The second kappa shape index (κ2) is 5.52. The van der Waals surface area contributed by atoms with Gasteiger partial charge in [0.2, 0.25) is 10.0 Å². The molecule has 1 saturated heterocycles. The highest BCUT2D eigenvalue weighted by Gasteiger charge is 2.23. The second-order valence-electron chi connectivity index (χ2n) is 4.51. The van der Waals surface area contributed by atoms with E-state index in [2.05, 4.69) is 14.6 Å². The molecule has 2 heterocycles. The minimum Gasteiger partial charge on any atom is -0.306 e. The number of hydrogen-bond acceptors (Lipinski definition) is 4. The molecule has 5 nitrogen and oxygen atoms in total. The summed E-state index contributed by atoms with van der Waals surface area (Å²) in [6, 6.07) is 2.81. The number of aromatic nitrogens is 1. The predicted molar refractivity (Wildman–Crippen MR) is 70.1 cm³/mol. The first-order valence-corrected chi connectivity index (χ1v) is 7.66. The van der Waals surface area contributed by atoms with Crippen molar-refractivity contribution in [3.8, 4) is 0 Å². The fraction of sp³-hybridized carbons (Fsp3) is 0.545. The molecule has 0 aromatic carbocycles. The third-order valence-corrected chi connectivity index (χ3v) is 4.77. The quantitative estimate of drug-likeness (QED) is 0.847. The summed E-state index contributed by atoms with van der Waals surface area (Å²) in [7, 11) is -1.46. The molecule has 1 N–H and O–H groups in total. The molecule has 0 atom stereocenters. The molecule has 0 unspecified atom stereocenters. The third-order valence-electron chi connectivity index (χ3n) is 3.05. The van der Waals surface area contributed by atoms with Gasteiger partial charge in [-0.1, -0.05) is 11.6 Å². The van der Waals surface area contributed by atoms with Gasteiger partial charge in [0.05, 0.1) is 4.90 Å². The molecule has 0 spiro atoms. The molecule has 1 aliphatic rings. The zero-order chi connectivity index (χ0) is 13.2. The molecule has 18 heavy (non-hydrogen) atoms. The summed E-state index contributed by atoms with van der Waals surface area (Å²) in [5, 5.41) is 0.182. The lowest BCUT2D eigenvalue weighted by Gasteiger charge is -2.29. The highest BCUT2D eigenvalue weighted by molar-refractivity contribution is 7.89. The number of piperidine rings is 1. The van der Waals surface area contributed by atoms with Gasteiger partial charge in [0.15, 0.2) is 0 Å². The van der Waals surface area contributed by atoms with E-state index in [1.165, 1.54) is 18.3 Å². The molecule has 1 aromatic heterocycles. The summed E-state index contributed by atoms with van der Waals surface area (Å²) in [4.78, 5) is 6.13. The first-order valence-electron chi connectivity index (χ1n) is 5.80. The fourth-order valence-corrected chi connectivity index (χ4v) is 3.52. The van der Waals surface area contributed by atoms with Crippen LogP contribution in [0.25, 0.3) is 0 Å². The molecule has 0 amide bonds. The second-order valence-corrected chi connectivity index (χ2v) is 6.61. The van der Waals surface area contributed by atoms with Crippen LogP contribution in [-0.4, -0.2) is 44.5 Å². The zero-order valence-corrected chi connectivity index (χ0v) is 11.7. The average molecular weight is 290 g/mol. The minimum atomic E-state index is -3.49. The van der Waals surface area contributed by atoms with Crippen molar-refractivity contribution < 1.29 is 8.42 Å². The lowest BCUT2D eigenvalue weighted by molar-refractivity contribution is 0.248. The Morgan fingerprint density at radius 1 is 1.44 bits per heavy atom. The molecule has 0 aliphatic carbocycles. The topological polar surface area (TPSA) is 62.3 Å². The molecule has 7 heteroatoms. The van der Waals surface area contributed by atoms with Gasteiger partial charge < -0.3 is 4.90 Å². The number of halogens is 1. The van der Waals surface area contributed by atoms with E-state index >= 15 is 0 Å². The van der Waals surface area contributed by atoms with E-state index < -0.39 is 10.0 Å². The first-order chi connectivity index (χ1) is 8.47. The Labute approximate surface area is 112 Å². The monoisotopic (exact) mass is 289 g/mol. The van der Waals surface area contributed by atoms with Crippen molar-refractivity contribution in [1.29, 1.82) is 0 Å². The Balaban J connectivity index is 2.08. The molecule has 0 saturated carbocycles. The molecule has 2 rings (SSSR count). The lowest BCUT2D eigenvalue weighted by atomic mass is 10.1. The highest BCUT2D eigenvalue weighted by Crippen LogP contribution is 2.16. The minimum absolute atomic E-state index is 0.00172. The summed E-state index contributed by atoms with van der Waals surface area (Å²) in [6.45, 7) is 1.81. The van der Waals surface area contributed by atoms with Gasteiger partial charge in [-0.05, 0) is 45.1 Å². The maximum Gasteiger partial charge on any atom is 0.240 e. The summed E-state index contributed by atoms with van der Waals surface area (Å²) >= 11 is 5.70. The average Bonchev–Trinajstić information content (AvgIpc) is 2.32. The number of pyridine rings is 1. The third kappa shape index (κ3) is 3.41. The van der Waals surface area contributed by atoms with Gasteiger partial charge >= 0.3 is 0 Å². The van der Waals surface area contributed by atoms with E-state index in [1.807, 2.05) is 7.05 Å². The largest absolute Gasteiger partial charge is 0.306 e. The van der Waals surface area contributed by atoms with Gasteiger partial charge in [0, 0.05) is 12.2 Å². The first kappa shape index (κ1) is 13.7. The van der Waals surface area contributed by atoms with Crippen LogP contribution in [0.5, 0.6) is 0 Å². The van der Waals surface area contributed by atoms with E-state index in [-0.39, 0.29) is 16.1 Å². The van der Waals surface area contributed by atoms with E-state index in [1.54, 1.807) is 0 Å². The summed E-state index contributed by atoms with van der Waals surface area (Å²) < 4.78 is 27.0. The molecule has 1 aliphatic heterocycles. The Morgan fingerprint density at radius 2 is 2.11 bits per heavy atom.